The number of carbonyl (C=O) groups is 1. The largest absolute Gasteiger partial charge is 0.348 e. The van der Waals surface area contributed by atoms with Crippen molar-refractivity contribution in [2.75, 3.05) is 0 Å². The first-order valence-corrected chi connectivity index (χ1v) is 7.15. The van der Waals surface area contributed by atoms with Crippen molar-refractivity contribution in [2.45, 2.75) is 32.7 Å². The van der Waals surface area contributed by atoms with Crippen molar-refractivity contribution in [1.29, 1.82) is 0 Å². The van der Waals surface area contributed by atoms with Gasteiger partial charge >= 0.3 is 0 Å². The lowest BCUT2D eigenvalue weighted by molar-refractivity contribution is -0.117. The third kappa shape index (κ3) is 3.02. The molecule has 0 fully saturated rings. The van der Waals surface area contributed by atoms with E-state index in [2.05, 4.69) is 20.5 Å². The normalized spacial score (nSPS) is 14.5. The van der Waals surface area contributed by atoms with Gasteiger partial charge in [0, 0.05) is 17.7 Å². The summed E-state index contributed by atoms with van der Waals surface area (Å²) in [6.07, 6.45) is 4.52. The second kappa shape index (κ2) is 5.91. The van der Waals surface area contributed by atoms with Crippen LogP contribution in [0.5, 0.6) is 0 Å². The number of nitrogens with one attached hydrogen (secondary N) is 2. The first-order chi connectivity index (χ1) is 10.2. The lowest BCUT2D eigenvalue weighted by Crippen LogP contribution is -2.24. The lowest BCUT2D eigenvalue weighted by atomic mass is 10.1. The van der Waals surface area contributed by atoms with Gasteiger partial charge in [-0.05, 0) is 37.8 Å². The maximum absolute atomic E-state index is 12.1. The Hall–Kier alpha value is -2.43. The number of amides is 1. The monoisotopic (exact) mass is 282 g/mol. The molecule has 1 aliphatic rings. The van der Waals surface area contributed by atoms with E-state index in [0.29, 0.717) is 6.54 Å². The summed E-state index contributed by atoms with van der Waals surface area (Å²) in [7, 11) is 0. The molecule has 2 N–H and O–H groups in total. The minimum Gasteiger partial charge on any atom is -0.348 e. The molecule has 2 aromatic rings. The molecule has 0 unspecified atom stereocenters. The van der Waals surface area contributed by atoms with Crippen LogP contribution in [-0.4, -0.2) is 21.1 Å². The molecule has 3 rings (SSSR count). The zero-order valence-corrected chi connectivity index (χ0v) is 12.0. The summed E-state index contributed by atoms with van der Waals surface area (Å²) < 4.78 is 0. The number of hydrogen-bond donors (Lipinski definition) is 2. The SMILES string of the molecule is CC1=C(C(=O)NCc2cccc(-c3ncn[nH]3)c2)CCC1. The molecular formula is C16H18N4O. The average Bonchev–Trinajstić information content (AvgIpc) is 3.16. The second-order valence-electron chi connectivity index (χ2n) is 5.33. The van der Waals surface area contributed by atoms with Gasteiger partial charge in [0.15, 0.2) is 5.82 Å². The fourth-order valence-corrected chi connectivity index (χ4v) is 2.66. The van der Waals surface area contributed by atoms with Crippen molar-refractivity contribution >= 4 is 5.91 Å². The average molecular weight is 282 g/mol. The standard InChI is InChI=1S/C16H18N4O/c1-11-4-2-7-14(11)16(21)17-9-12-5-3-6-13(8-12)15-18-10-19-20-15/h3,5-6,8,10H,2,4,7,9H2,1H3,(H,17,21)(H,18,19,20). The zero-order chi connectivity index (χ0) is 14.7. The molecule has 5 heteroatoms. The van der Waals surface area contributed by atoms with Crippen LogP contribution in [0.25, 0.3) is 11.4 Å². The Morgan fingerprint density at radius 1 is 1.38 bits per heavy atom. The number of benzene rings is 1. The van der Waals surface area contributed by atoms with Crippen LogP contribution in [0.4, 0.5) is 0 Å². The summed E-state index contributed by atoms with van der Waals surface area (Å²) in [4.78, 5) is 16.3. The zero-order valence-electron chi connectivity index (χ0n) is 12.0. The third-order valence-corrected chi connectivity index (χ3v) is 3.84. The molecule has 1 aromatic carbocycles. The Bertz CT molecular complexity index is 673. The van der Waals surface area contributed by atoms with Crippen molar-refractivity contribution in [3.63, 3.8) is 0 Å². The van der Waals surface area contributed by atoms with Gasteiger partial charge in [0.2, 0.25) is 5.91 Å². The fraction of sp³-hybridized carbons (Fsp3) is 0.312. The van der Waals surface area contributed by atoms with E-state index in [1.807, 2.05) is 31.2 Å². The van der Waals surface area contributed by atoms with E-state index >= 15 is 0 Å². The number of aromatic nitrogens is 3. The number of nitrogens with zero attached hydrogens (tertiary/aromatic N) is 2. The van der Waals surface area contributed by atoms with E-state index in [1.165, 1.54) is 11.9 Å². The predicted molar refractivity (Wildman–Crippen MR) is 80.2 cm³/mol. The van der Waals surface area contributed by atoms with Crippen LogP contribution in [0.1, 0.15) is 31.7 Å². The molecular weight excluding hydrogens is 264 g/mol. The maximum Gasteiger partial charge on any atom is 0.247 e. The van der Waals surface area contributed by atoms with Crippen molar-refractivity contribution in [3.8, 4) is 11.4 Å². The van der Waals surface area contributed by atoms with Gasteiger partial charge in [-0.25, -0.2) is 4.98 Å². The van der Waals surface area contributed by atoms with E-state index in [4.69, 9.17) is 0 Å². The molecule has 1 aromatic heterocycles. The van der Waals surface area contributed by atoms with Crippen LogP contribution in [0.3, 0.4) is 0 Å². The van der Waals surface area contributed by atoms with Crippen molar-refractivity contribution in [2.24, 2.45) is 0 Å². The molecule has 0 aliphatic heterocycles. The summed E-state index contributed by atoms with van der Waals surface area (Å²) in [5.41, 5.74) is 4.20. The number of rotatable bonds is 4. The first-order valence-electron chi connectivity index (χ1n) is 7.15. The number of hydrogen-bond acceptors (Lipinski definition) is 3. The summed E-state index contributed by atoms with van der Waals surface area (Å²) in [6.45, 7) is 2.57. The van der Waals surface area contributed by atoms with Crippen LogP contribution < -0.4 is 5.32 Å². The number of carbonyl (C=O) groups excluding carboxylic acids is 1. The van der Waals surface area contributed by atoms with Gasteiger partial charge in [-0.3, -0.25) is 9.89 Å². The minimum atomic E-state index is 0.0649. The van der Waals surface area contributed by atoms with E-state index < -0.39 is 0 Å². The smallest absolute Gasteiger partial charge is 0.247 e. The highest BCUT2D eigenvalue weighted by atomic mass is 16.1. The van der Waals surface area contributed by atoms with Gasteiger partial charge in [0.05, 0.1) is 0 Å². The third-order valence-electron chi connectivity index (χ3n) is 3.84. The van der Waals surface area contributed by atoms with Crippen LogP contribution in [0, 0.1) is 0 Å². The van der Waals surface area contributed by atoms with E-state index in [0.717, 1.165) is 41.8 Å². The number of allylic oxidation sites excluding steroid dienone is 1. The topological polar surface area (TPSA) is 70.7 Å². The van der Waals surface area contributed by atoms with Crippen LogP contribution >= 0.6 is 0 Å². The molecule has 1 aliphatic carbocycles. The van der Waals surface area contributed by atoms with Gasteiger partial charge < -0.3 is 5.32 Å². The quantitative estimate of drug-likeness (QED) is 0.905. The Labute approximate surface area is 123 Å². The minimum absolute atomic E-state index is 0.0649. The Balaban J connectivity index is 1.67. The molecule has 0 saturated heterocycles. The molecule has 0 spiro atoms. The molecule has 108 valence electrons. The number of H-pyrrole nitrogens is 1. The summed E-state index contributed by atoms with van der Waals surface area (Å²) >= 11 is 0. The van der Waals surface area contributed by atoms with Crippen LogP contribution in [0.15, 0.2) is 41.7 Å². The van der Waals surface area contributed by atoms with Crippen molar-refractivity contribution in [3.05, 3.63) is 47.3 Å². The highest BCUT2D eigenvalue weighted by molar-refractivity contribution is 5.94. The molecule has 0 saturated carbocycles. The van der Waals surface area contributed by atoms with Crippen LogP contribution in [-0.2, 0) is 11.3 Å². The van der Waals surface area contributed by atoms with Gasteiger partial charge in [0.1, 0.15) is 6.33 Å². The van der Waals surface area contributed by atoms with Crippen LogP contribution in [0.2, 0.25) is 0 Å². The summed E-state index contributed by atoms with van der Waals surface area (Å²) in [5.74, 6) is 0.799. The maximum atomic E-state index is 12.1. The van der Waals surface area contributed by atoms with Gasteiger partial charge in [-0.15, -0.1) is 0 Å². The predicted octanol–water partition coefficient (Wildman–Crippen LogP) is 2.59. The molecule has 1 heterocycles. The molecule has 5 nitrogen and oxygen atoms in total. The molecule has 0 atom stereocenters. The van der Waals surface area contributed by atoms with Gasteiger partial charge in [0.25, 0.3) is 0 Å². The lowest BCUT2D eigenvalue weighted by Gasteiger charge is -2.08. The molecule has 1 amide bonds. The molecule has 0 radical (unpaired) electrons. The Morgan fingerprint density at radius 3 is 3.00 bits per heavy atom. The van der Waals surface area contributed by atoms with Gasteiger partial charge in [-0.2, -0.15) is 5.10 Å². The van der Waals surface area contributed by atoms with Gasteiger partial charge in [-0.1, -0.05) is 23.8 Å². The fourth-order valence-electron chi connectivity index (χ4n) is 2.66. The summed E-state index contributed by atoms with van der Waals surface area (Å²) in [6, 6.07) is 7.93. The van der Waals surface area contributed by atoms with E-state index in [-0.39, 0.29) is 5.91 Å². The van der Waals surface area contributed by atoms with E-state index in [1.54, 1.807) is 0 Å². The highest BCUT2D eigenvalue weighted by Crippen LogP contribution is 2.25. The van der Waals surface area contributed by atoms with E-state index in [9.17, 15) is 4.79 Å². The Morgan fingerprint density at radius 2 is 2.29 bits per heavy atom. The summed E-state index contributed by atoms with van der Waals surface area (Å²) in [5, 5.41) is 9.69. The van der Waals surface area contributed by atoms with Crippen molar-refractivity contribution in [1.82, 2.24) is 20.5 Å². The second-order valence-corrected chi connectivity index (χ2v) is 5.33. The molecule has 21 heavy (non-hydrogen) atoms. The first kappa shape index (κ1) is 13.5. The number of aromatic amines is 1. The highest BCUT2D eigenvalue weighted by Gasteiger charge is 2.17. The Kier molecular flexibility index (Phi) is 3.81. The van der Waals surface area contributed by atoms with Crippen molar-refractivity contribution < 1.29 is 4.79 Å². The molecule has 0 bridgehead atoms.